The van der Waals surface area contributed by atoms with Crippen LogP contribution in [-0.4, -0.2) is 38.6 Å². The van der Waals surface area contributed by atoms with E-state index in [2.05, 4.69) is 16.0 Å². The Balaban J connectivity index is 1.76. The first-order chi connectivity index (χ1) is 12.2. The van der Waals surface area contributed by atoms with Crippen LogP contribution in [0.2, 0.25) is 0 Å². The Hall–Kier alpha value is -2.86. The van der Waals surface area contributed by atoms with Gasteiger partial charge in [0.1, 0.15) is 0 Å². The van der Waals surface area contributed by atoms with E-state index in [4.69, 9.17) is 4.74 Å². The van der Waals surface area contributed by atoms with Gasteiger partial charge in [0.15, 0.2) is 0 Å². The van der Waals surface area contributed by atoms with Gasteiger partial charge in [-0.3, -0.25) is 9.59 Å². The van der Waals surface area contributed by atoms with Gasteiger partial charge in [-0.15, -0.1) is 0 Å². The van der Waals surface area contributed by atoms with Gasteiger partial charge in [0.25, 0.3) is 5.91 Å². The third kappa shape index (κ3) is 6.64. The van der Waals surface area contributed by atoms with E-state index in [1.165, 1.54) is 0 Å². The van der Waals surface area contributed by atoms with E-state index < -0.39 is 0 Å². The standard InChI is InChI=1S/C19H23N3O3/c1-25-13-5-12-20-19(24)15-8-10-16(11-9-15)21-14-18(23)22-17-6-3-2-4-7-17/h2-4,6-11,21H,5,12-14H2,1H3,(H,20,24)(H,22,23). The molecule has 6 heteroatoms. The molecule has 0 unspecified atom stereocenters. The van der Waals surface area contributed by atoms with E-state index in [0.717, 1.165) is 17.8 Å². The molecule has 2 aromatic rings. The fourth-order valence-corrected chi connectivity index (χ4v) is 2.17. The molecule has 132 valence electrons. The molecule has 0 heterocycles. The third-order valence-electron chi connectivity index (χ3n) is 3.47. The molecular formula is C19H23N3O3. The van der Waals surface area contributed by atoms with E-state index in [9.17, 15) is 9.59 Å². The summed E-state index contributed by atoms with van der Waals surface area (Å²) in [6.45, 7) is 1.35. The molecule has 2 rings (SSSR count). The number of amides is 2. The lowest BCUT2D eigenvalue weighted by Gasteiger charge is -2.09. The zero-order valence-corrected chi connectivity index (χ0v) is 14.2. The SMILES string of the molecule is COCCCNC(=O)c1ccc(NCC(=O)Nc2ccccc2)cc1. The summed E-state index contributed by atoms with van der Waals surface area (Å²) in [4.78, 5) is 23.8. The van der Waals surface area contributed by atoms with E-state index in [1.807, 2.05) is 30.3 Å². The number of nitrogens with one attached hydrogen (secondary N) is 3. The molecule has 0 fully saturated rings. The Labute approximate surface area is 147 Å². The molecule has 2 aromatic carbocycles. The maximum atomic E-state index is 12.0. The average Bonchev–Trinajstić information content (AvgIpc) is 2.64. The van der Waals surface area contributed by atoms with Crippen molar-refractivity contribution in [2.24, 2.45) is 0 Å². The van der Waals surface area contributed by atoms with Crippen LogP contribution in [0.25, 0.3) is 0 Å². The summed E-state index contributed by atoms with van der Waals surface area (Å²) >= 11 is 0. The third-order valence-corrected chi connectivity index (χ3v) is 3.47. The van der Waals surface area contributed by atoms with E-state index in [-0.39, 0.29) is 18.4 Å². The minimum absolute atomic E-state index is 0.121. The number of carbonyl (C=O) groups excluding carboxylic acids is 2. The van der Waals surface area contributed by atoms with Crippen molar-refractivity contribution >= 4 is 23.2 Å². The Kier molecular flexibility index (Phi) is 7.46. The number of methoxy groups -OCH3 is 1. The zero-order chi connectivity index (χ0) is 17.9. The highest BCUT2D eigenvalue weighted by molar-refractivity contribution is 5.95. The highest BCUT2D eigenvalue weighted by atomic mass is 16.5. The number of ether oxygens (including phenoxy) is 1. The summed E-state index contributed by atoms with van der Waals surface area (Å²) < 4.78 is 4.94. The average molecular weight is 341 g/mol. The van der Waals surface area contributed by atoms with Crippen molar-refractivity contribution in [3.05, 3.63) is 60.2 Å². The van der Waals surface area contributed by atoms with Crippen LogP contribution in [0.1, 0.15) is 16.8 Å². The lowest BCUT2D eigenvalue weighted by molar-refractivity contribution is -0.114. The Morgan fingerprint density at radius 3 is 2.36 bits per heavy atom. The van der Waals surface area contributed by atoms with Crippen molar-refractivity contribution in [1.82, 2.24) is 5.32 Å². The number of hydrogen-bond acceptors (Lipinski definition) is 4. The fraction of sp³-hybridized carbons (Fsp3) is 0.263. The van der Waals surface area contributed by atoms with Crippen molar-refractivity contribution in [3.8, 4) is 0 Å². The summed E-state index contributed by atoms with van der Waals surface area (Å²) in [7, 11) is 1.63. The molecule has 0 aliphatic rings. The number of hydrogen-bond donors (Lipinski definition) is 3. The Morgan fingerprint density at radius 2 is 1.68 bits per heavy atom. The summed E-state index contributed by atoms with van der Waals surface area (Å²) in [5.41, 5.74) is 2.12. The van der Waals surface area contributed by atoms with E-state index in [0.29, 0.717) is 18.7 Å². The molecule has 0 atom stereocenters. The van der Waals surface area contributed by atoms with Crippen LogP contribution in [-0.2, 0) is 9.53 Å². The number of benzene rings is 2. The second-order valence-electron chi connectivity index (χ2n) is 5.45. The van der Waals surface area contributed by atoms with Gasteiger partial charge in [-0.1, -0.05) is 18.2 Å². The minimum Gasteiger partial charge on any atom is -0.385 e. The Bertz CT molecular complexity index is 672. The van der Waals surface area contributed by atoms with Gasteiger partial charge in [-0.25, -0.2) is 0 Å². The maximum Gasteiger partial charge on any atom is 0.251 e. The van der Waals surface area contributed by atoms with Crippen molar-refractivity contribution in [2.75, 3.05) is 37.4 Å². The molecule has 0 aliphatic carbocycles. The predicted octanol–water partition coefficient (Wildman–Crippen LogP) is 2.50. The lowest BCUT2D eigenvalue weighted by atomic mass is 10.2. The summed E-state index contributed by atoms with van der Waals surface area (Å²) in [5, 5.41) is 8.66. The molecule has 3 N–H and O–H groups in total. The highest BCUT2D eigenvalue weighted by Crippen LogP contribution is 2.10. The minimum atomic E-state index is -0.133. The van der Waals surface area contributed by atoms with Gasteiger partial charge in [-0.2, -0.15) is 0 Å². The topological polar surface area (TPSA) is 79.5 Å². The first kappa shape index (κ1) is 18.5. The monoisotopic (exact) mass is 341 g/mol. The molecule has 0 spiro atoms. The van der Waals surface area contributed by atoms with E-state index in [1.54, 1.807) is 31.4 Å². The van der Waals surface area contributed by atoms with Crippen molar-refractivity contribution in [3.63, 3.8) is 0 Å². The Morgan fingerprint density at radius 1 is 0.960 bits per heavy atom. The summed E-state index contributed by atoms with van der Waals surface area (Å²) in [6, 6.07) is 16.3. The fourth-order valence-electron chi connectivity index (χ4n) is 2.17. The van der Waals surface area contributed by atoms with Crippen LogP contribution in [0.15, 0.2) is 54.6 Å². The zero-order valence-electron chi connectivity index (χ0n) is 14.2. The van der Waals surface area contributed by atoms with Crippen LogP contribution in [0.3, 0.4) is 0 Å². The second kappa shape index (κ2) is 10.1. The highest BCUT2D eigenvalue weighted by Gasteiger charge is 2.05. The smallest absolute Gasteiger partial charge is 0.251 e. The molecule has 0 saturated heterocycles. The van der Waals surface area contributed by atoms with Crippen LogP contribution in [0.4, 0.5) is 11.4 Å². The molecule has 0 radical (unpaired) electrons. The first-order valence-corrected chi connectivity index (χ1v) is 8.15. The molecule has 25 heavy (non-hydrogen) atoms. The lowest BCUT2D eigenvalue weighted by Crippen LogP contribution is -2.25. The number of anilines is 2. The van der Waals surface area contributed by atoms with Gasteiger partial charge in [0.05, 0.1) is 6.54 Å². The van der Waals surface area contributed by atoms with Crippen molar-refractivity contribution in [2.45, 2.75) is 6.42 Å². The van der Waals surface area contributed by atoms with Gasteiger partial charge in [-0.05, 0) is 42.8 Å². The van der Waals surface area contributed by atoms with E-state index >= 15 is 0 Å². The van der Waals surface area contributed by atoms with Crippen LogP contribution < -0.4 is 16.0 Å². The predicted molar refractivity (Wildman–Crippen MR) is 98.8 cm³/mol. The molecule has 0 aliphatic heterocycles. The maximum absolute atomic E-state index is 12.0. The molecule has 2 amide bonds. The second-order valence-corrected chi connectivity index (χ2v) is 5.45. The van der Waals surface area contributed by atoms with Crippen molar-refractivity contribution in [1.29, 1.82) is 0 Å². The molecule has 0 bridgehead atoms. The van der Waals surface area contributed by atoms with Crippen LogP contribution >= 0.6 is 0 Å². The normalized spacial score (nSPS) is 10.1. The largest absolute Gasteiger partial charge is 0.385 e. The summed E-state index contributed by atoms with van der Waals surface area (Å²) in [6.07, 6.45) is 0.776. The van der Waals surface area contributed by atoms with Gasteiger partial charge < -0.3 is 20.7 Å². The van der Waals surface area contributed by atoms with Crippen molar-refractivity contribution < 1.29 is 14.3 Å². The molecule has 6 nitrogen and oxygen atoms in total. The van der Waals surface area contributed by atoms with Gasteiger partial charge in [0, 0.05) is 37.2 Å². The van der Waals surface area contributed by atoms with Gasteiger partial charge >= 0.3 is 0 Å². The van der Waals surface area contributed by atoms with Crippen LogP contribution in [0, 0.1) is 0 Å². The van der Waals surface area contributed by atoms with Crippen LogP contribution in [0.5, 0.6) is 0 Å². The molecule has 0 aromatic heterocycles. The van der Waals surface area contributed by atoms with Gasteiger partial charge in [0.2, 0.25) is 5.91 Å². The summed E-state index contributed by atoms with van der Waals surface area (Å²) in [5.74, 6) is -0.254. The number of rotatable bonds is 9. The first-order valence-electron chi connectivity index (χ1n) is 8.15. The molecule has 0 saturated carbocycles. The number of carbonyl (C=O) groups is 2. The quantitative estimate of drug-likeness (QED) is 0.612. The molecular weight excluding hydrogens is 318 g/mol. The number of para-hydroxylation sites is 1.